The third-order valence-electron chi connectivity index (χ3n) is 3.34. The van der Waals surface area contributed by atoms with Gasteiger partial charge in [0, 0.05) is 12.5 Å². The van der Waals surface area contributed by atoms with Gasteiger partial charge in [0.2, 0.25) is 0 Å². The maximum atomic E-state index is 12.0. The summed E-state index contributed by atoms with van der Waals surface area (Å²) in [5, 5.41) is 23.2. The quantitative estimate of drug-likeness (QED) is 0.582. The molecule has 2 rings (SSSR count). The van der Waals surface area contributed by atoms with Gasteiger partial charge in [0.1, 0.15) is 5.54 Å². The first-order chi connectivity index (χ1) is 7.46. The fourth-order valence-corrected chi connectivity index (χ4v) is 1.93. The van der Waals surface area contributed by atoms with Crippen molar-refractivity contribution >= 4 is 5.71 Å². The summed E-state index contributed by atoms with van der Waals surface area (Å²) >= 11 is 0. The summed E-state index contributed by atoms with van der Waals surface area (Å²) < 4.78 is 0.870. The highest BCUT2D eigenvalue weighted by molar-refractivity contribution is 5.87. The van der Waals surface area contributed by atoms with Crippen LogP contribution in [0.5, 0.6) is 0 Å². The molecule has 0 aromatic heterocycles. The summed E-state index contributed by atoms with van der Waals surface area (Å²) in [5.74, 6) is 0. The van der Waals surface area contributed by atoms with Crippen LogP contribution in [0.2, 0.25) is 0 Å². The molecule has 0 fully saturated rings. The minimum Gasteiger partial charge on any atom is -0.622 e. The minimum atomic E-state index is -0.642. The summed E-state index contributed by atoms with van der Waals surface area (Å²) in [6.07, 6.45) is -0.642. The molecule has 0 unspecified atom stereocenters. The van der Waals surface area contributed by atoms with Crippen LogP contribution in [0, 0.1) is 5.21 Å². The van der Waals surface area contributed by atoms with E-state index < -0.39 is 11.7 Å². The van der Waals surface area contributed by atoms with Gasteiger partial charge in [0.15, 0.2) is 5.71 Å². The van der Waals surface area contributed by atoms with Crippen molar-refractivity contribution in [1.29, 1.82) is 0 Å². The van der Waals surface area contributed by atoms with Gasteiger partial charge in [-0.15, -0.1) is 5.06 Å². The molecule has 1 aromatic rings. The van der Waals surface area contributed by atoms with Gasteiger partial charge in [-0.2, -0.15) is 4.74 Å². The lowest BCUT2D eigenvalue weighted by atomic mass is 10.0. The lowest BCUT2D eigenvalue weighted by Gasteiger charge is -2.25. The Kier molecular flexibility index (Phi) is 2.48. The molecule has 1 atom stereocenters. The maximum absolute atomic E-state index is 12.0. The Morgan fingerprint density at radius 1 is 1.31 bits per heavy atom. The van der Waals surface area contributed by atoms with Crippen LogP contribution in [-0.4, -0.2) is 26.3 Å². The van der Waals surface area contributed by atoms with Crippen molar-refractivity contribution < 1.29 is 9.95 Å². The number of benzene rings is 1. The summed E-state index contributed by atoms with van der Waals surface area (Å²) in [7, 11) is 0. The minimum absolute atomic E-state index is 0.615. The van der Waals surface area contributed by atoms with E-state index in [-0.39, 0.29) is 0 Å². The molecule has 0 saturated heterocycles. The summed E-state index contributed by atoms with van der Waals surface area (Å²) in [5.41, 5.74) is 0.788. The van der Waals surface area contributed by atoms with Crippen LogP contribution < -0.4 is 0 Å². The second-order valence-electron chi connectivity index (χ2n) is 4.60. The zero-order valence-electron chi connectivity index (χ0n) is 9.71. The van der Waals surface area contributed by atoms with E-state index in [1.165, 1.54) is 0 Å². The highest BCUT2D eigenvalue weighted by atomic mass is 16.5. The van der Waals surface area contributed by atoms with Crippen LogP contribution in [0.25, 0.3) is 0 Å². The lowest BCUT2D eigenvalue weighted by molar-refractivity contribution is -0.545. The molecule has 1 aliphatic heterocycles. The van der Waals surface area contributed by atoms with Crippen molar-refractivity contribution in [2.45, 2.75) is 32.5 Å². The van der Waals surface area contributed by atoms with Crippen LogP contribution in [0.4, 0.5) is 0 Å². The average molecular weight is 220 g/mol. The smallest absolute Gasteiger partial charge is 0.267 e. The largest absolute Gasteiger partial charge is 0.622 e. The Hall–Kier alpha value is -1.39. The predicted octanol–water partition coefficient (Wildman–Crippen LogP) is 2.14. The molecule has 1 aliphatic rings. The van der Waals surface area contributed by atoms with E-state index in [0.29, 0.717) is 5.71 Å². The fourth-order valence-electron chi connectivity index (χ4n) is 1.93. The van der Waals surface area contributed by atoms with Crippen molar-refractivity contribution in [1.82, 2.24) is 5.06 Å². The number of hydroxylamine groups is 3. The van der Waals surface area contributed by atoms with Gasteiger partial charge in [0.05, 0.1) is 0 Å². The second-order valence-corrected chi connectivity index (χ2v) is 4.60. The first-order valence-electron chi connectivity index (χ1n) is 5.30. The van der Waals surface area contributed by atoms with E-state index >= 15 is 0 Å². The van der Waals surface area contributed by atoms with Crippen molar-refractivity contribution in [3.05, 3.63) is 41.1 Å². The predicted molar refractivity (Wildman–Crippen MR) is 61.2 cm³/mol. The SMILES string of the molecule is CC1=[N+]([O-])[C@H](c2ccccc2)N(O)C1(C)C. The van der Waals surface area contributed by atoms with E-state index in [9.17, 15) is 10.4 Å². The molecule has 0 spiro atoms. The average Bonchev–Trinajstić information content (AvgIpc) is 2.42. The van der Waals surface area contributed by atoms with Gasteiger partial charge < -0.3 is 10.4 Å². The van der Waals surface area contributed by atoms with Crippen molar-refractivity contribution in [2.24, 2.45) is 0 Å². The van der Waals surface area contributed by atoms with Crippen LogP contribution in [0.15, 0.2) is 30.3 Å². The number of rotatable bonds is 1. The Labute approximate surface area is 95.0 Å². The Morgan fingerprint density at radius 3 is 2.31 bits per heavy atom. The molecular formula is C12H16N2O2. The molecule has 1 N–H and O–H groups in total. The highest BCUT2D eigenvalue weighted by Gasteiger charge is 2.49. The molecule has 1 aromatic carbocycles. The maximum Gasteiger partial charge on any atom is 0.267 e. The van der Waals surface area contributed by atoms with Crippen LogP contribution in [0.3, 0.4) is 0 Å². The van der Waals surface area contributed by atoms with E-state index in [4.69, 9.17) is 0 Å². The molecule has 0 saturated carbocycles. The summed E-state index contributed by atoms with van der Waals surface area (Å²) in [4.78, 5) is 0. The van der Waals surface area contributed by atoms with Gasteiger partial charge in [-0.25, -0.2) is 0 Å². The number of hydrogen-bond donors (Lipinski definition) is 1. The van der Waals surface area contributed by atoms with Crippen molar-refractivity contribution in [3.8, 4) is 0 Å². The fraction of sp³-hybridized carbons (Fsp3) is 0.417. The number of hydrogen-bond acceptors (Lipinski definition) is 3. The lowest BCUT2D eigenvalue weighted by Crippen LogP contribution is -2.42. The Morgan fingerprint density at radius 2 is 1.88 bits per heavy atom. The summed E-state index contributed by atoms with van der Waals surface area (Å²) in [6.45, 7) is 5.41. The van der Waals surface area contributed by atoms with Crippen LogP contribution >= 0.6 is 0 Å². The zero-order chi connectivity index (χ0) is 11.9. The number of nitrogens with zero attached hydrogens (tertiary/aromatic N) is 2. The van der Waals surface area contributed by atoms with E-state index in [0.717, 1.165) is 15.4 Å². The molecule has 4 nitrogen and oxygen atoms in total. The highest BCUT2D eigenvalue weighted by Crippen LogP contribution is 2.34. The third-order valence-corrected chi connectivity index (χ3v) is 3.34. The third kappa shape index (κ3) is 1.42. The van der Waals surface area contributed by atoms with Crippen molar-refractivity contribution in [2.75, 3.05) is 0 Å². The van der Waals surface area contributed by atoms with Crippen LogP contribution in [0.1, 0.15) is 32.5 Å². The Balaban J connectivity index is 2.46. The van der Waals surface area contributed by atoms with E-state index in [2.05, 4.69) is 0 Å². The molecular weight excluding hydrogens is 204 g/mol. The van der Waals surface area contributed by atoms with Gasteiger partial charge in [0.25, 0.3) is 6.17 Å². The zero-order valence-corrected chi connectivity index (χ0v) is 9.71. The van der Waals surface area contributed by atoms with Crippen LogP contribution in [-0.2, 0) is 0 Å². The molecule has 86 valence electrons. The van der Waals surface area contributed by atoms with Gasteiger partial charge >= 0.3 is 0 Å². The van der Waals surface area contributed by atoms with E-state index in [1.807, 2.05) is 44.2 Å². The second kappa shape index (κ2) is 3.57. The first-order valence-corrected chi connectivity index (χ1v) is 5.30. The van der Waals surface area contributed by atoms with Gasteiger partial charge in [-0.1, -0.05) is 30.3 Å². The van der Waals surface area contributed by atoms with Gasteiger partial charge in [-0.05, 0) is 13.8 Å². The first kappa shape index (κ1) is 11.1. The normalized spacial score (nSPS) is 25.1. The topological polar surface area (TPSA) is 49.5 Å². The molecule has 1 heterocycles. The molecule has 4 heteroatoms. The summed E-state index contributed by atoms with van der Waals surface area (Å²) in [6, 6.07) is 9.29. The molecule has 0 radical (unpaired) electrons. The monoisotopic (exact) mass is 220 g/mol. The Bertz CT molecular complexity index is 426. The van der Waals surface area contributed by atoms with E-state index in [1.54, 1.807) is 6.92 Å². The molecule has 0 amide bonds. The molecule has 16 heavy (non-hydrogen) atoms. The molecule has 0 bridgehead atoms. The molecule has 0 aliphatic carbocycles. The van der Waals surface area contributed by atoms with Crippen molar-refractivity contribution in [3.63, 3.8) is 0 Å². The van der Waals surface area contributed by atoms with Gasteiger partial charge in [-0.3, -0.25) is 0 Å². The standard InChI is InChI=1S/C12H16N2O2/c1-9-12(2,3)14(16)11(13(9)15)10-7-5-4-6-8-10/h4-8,11,16H,1-3H3/t11-/m0/s1.